The summed E-state index contributed by atoms with van der Waals surface area (Å²) in [7, 11) is 1.80. The molecule has 1 amide bonds. The third kappa shape index (κ3) is 4.03. The molecule has 0 aliphatic carbocycles. The van der Waals surface area contributed by atoms with Gasteiger partial charge in [-0.05, 0) is 38.0 Å². The molecule has 4 rings (SSSR count). The molecule has 0 radical (unpaired) electrons. The summed E-state index contributed by atoms with van der Waals surface area (Å²) in [5.41, 5.74) is 5.67. The summed E-state index contributed by atoms with van der Waals surface area (Å²) in [6, 6.07) is 12.0. The number of carbonyl (C=O) groups is 1. The van der Waals surface area contributed by atoms with Gasteiger partial charge in [0.15, 0.2) is 5.65 Å². The van der Waals surface area contributed by atoms with Gasteiger partial charge in [-0.3, -0.25) is 4.79 Å². The van der Waals surface area contributed by atoms with Crippen molar-refractivity contribution < 1.29 is 4.79 Å². The summed E-state index contributed by atoms with van der Waals surface area (Å²) in [5, 5.41) is 17.9. The molecular formula is C23H23N7O. The Hall–Kier alpha value is -3.99. The lowest BCUT2D eigenvalue weighted by Gasteiger charge is -2.17. The predicted molar refractivity (Wildman–Crippen MR) is 116 cm³/mol. The first kappa shape index (κ1) is 20.3. The number of nitriles is 1. The monoisotopic (exact) mass is 413 g/mol. The van der Waals surface area contributed by atoms with Crippen LogP contribution >= 0.6 is 0 Å². The molecule has 31 heavy (non-hydrogen) atoms. The van der Waals surface area contributed by atoms with Crippen molar-refractivity contribution in [1.82, 2.24) is 29.3 Å². The van der Waals surface area contributed by atoms with Gasteiger partial charge in [0.1, 0.15) is 11.6 Å². The molecule has 156 valence electrons. The van der Waals surface area contributed by atoms with E-state index in [1.807, 2.05) is 50.4 Å². The molecule has 0 fully saturated rings. The van der Waals surface area contributed by atoms with E-state index in [4.69, 9.17) is 0 Å². The smallest absolute Gasteiger partial charge is 0.222 e. The highest BCUT2D eigenvalue weighted by atomic mass is 16.2. The second kappa shape index (κ2) is 8.40. The Bertz CT molecular complexity index is 1280. The summed E-state index contributed by atoms with van der Waals surface area (Å²) in [4.78, 5) is 19.0. The van der Waals surface area contributed by atoms with Crippen molar-refractivity contribution in [3.05, 3.63) is 77.0 Å². The molecule has 1 aromatic carbocycles. The molecule has 8 nitrogen and oxygen atoms in total. The third-order valence-electron chi connectivity index (χ3n) is 5.42. The van der Waals surface area contributed by atoms with Crippen molar-refractivity contribution in [2.45, 2.75) is 33.2 Å². The molecule has 0 saturated heterocycles. The molecule has 3 heterocycles. The van der Waals surface area contributed by atoms with Crippen molar-refractivity contribution in [2.24, 2.45) is 0 Å². The molecule has 3 aromatic heterocycles. The Morgan fingerprint density at radius 1 is 1.16 bits per heavy atom. The van der Waals surface area contributed by atoms with E-state index >= 15 is 0 Å². The summed E-state index contributed by atoms with van der Waals surface area (Å²) >= 11 is 0. The largest absolute Gasteiger partial charge is 0.341 e. The molecule has 0 aliphatic rings. The Kier molecular flexibility index (Phi) is 5.50. The number of rotatable bonds is 6. The first-order valence-electron chi connectivity index (χ1n) is 10.0. The highest BCUT2D eigenvalue weighted by Gasteiger charge is 2.16. The van der Waals surface area contributed by atoms with E-state index in [1.54, 1.807) is 27.3 Å². The number of fused-ring (bicyclic) bond motifs is 1. The lowest BCUT2D eigenvalue weighted by Crippen LogP contribution is -2.26. The highest BCUT2D eigenvalue weighted by molar-refractivity contribution is 5.76. The van der Waals surface area contributed by atoms with Crippen molar-refractivity contribution in [1.29, 1.82) is 5.26 Å². The van der Waals surface area contributed by atoms with Crippen molar-refractivity contribution in [2.75, 3.05) is 7.05 Å². The number of hydrogen-bond acceptors (Lipinski definition) is 5. The molecule has 0 N–H and O–H groups in total. The van der Waals surface area contributed by atoms with Gasteiger partial charge in [-0.25, -0.2) is 14.2 Å². The minimum atomic E-state index is 0.0459. The molecule has 0 saturated carbocycles. The van der Waals surface area contributed by atoms with Crippen molar-refractivity contribution in [3.63, 3.8) is 0 Å². The molecule has 0 atom stereocenters. The zero-order chi connectivity index (χ0) is 22.0. The second-order valence-corrected chi connectivity index (χ2v) is 7.55. The Morgan fingerprint density at radius 3 is 2.68 bits per heavy atom. The van der Waals surface area contributed by atoms with Crippen LogP contribution in [-0.4, -0.2) is 42.2 Å². The van der Waals surface area contributed by atoms with Gasteiger partial charge in [-0.15, -0.1) is 0 Å². The number of aromatic nitrogens is 5. The van der Waals surface area contributed by atoms with Crippen LogP contribution in [0.15, 0.2) is 48.9 Å². The van der Waals surface area contributed by atoms with Gasteiger partial charge < -0.3 is 4.90 Å². The van der Waals surface area contributed by atoms with Crippen LogP contribution in [0.3, 0.4) is 0 Å². The Labute approximate surface area is 180 Å². The van der Waals surface area contributed by atoms with E-state index in [9.17, 15) is 10.1 Å². The van der Waals surface area contributed by atoms with E-state index in [2.05, 4.69) is 21.3 Å². The van der Waals surface area contributed by atoms with E-state index in [1.165, 1.54) is 6.20 Å². The molecule has 0 bridgehead atoms. The predicted octanol–water partition coefficient (Wildman–Crippen LogP) is 2.99. The zero-order valence-corrected chi connectivity index (χ0v) is 17.8. The van der Waals surface area contributed by atoms with Crippen LogP contribution in [0.4, 0.5) is 0 Å². The molecule has 0 aliphatic heterocycles. The van der Waals surface area contributed by atoms with E-state index < -0.39 is 0 Å². The minimum absolute atomic E-state index is 0.0459. The van der Waals surface area contributed by atoms with Gasteiger partial charge in [-0.1, -0.05) is 18.2 Å². The van der Waals surface area contributed by atoms with Gasteiger partial charge >= 0.3 is 0 Å². The molecule has 0 unspecified atom stereocenters. The normalized spacial score (nSPS) is 10.9. The number of benzene rings is 1. The number of hydrogen-bond donors (Lipinski definition) is 0. The summed E-state index contributed by atoms with van der Waals surface area (Å²) in [5.74, 6) is 0.0459. The number of para-hydroxylation sites is 1. The SMILES string of the molecule is Cc1nc2c(C#N)cnn2c(C)c1CCC(=O)N(C)Cc1cnn(-c2ccccc2)c1. The molecular weight excluding hydrogens is 390 g/mol. The van der Waals surface area contributed by atoms with Crippen LogP contribution < -0.4 is 0 Å². The van der Waals surface area contributed by atoms with Crippen LogP contribution in [0, 0.1) is 25.2 Å². The lowest BCUT2D eigenvalue weighted by molar-refractivity contribution is -0.130. The second-order valence-electron chi connectivity index (χ2n) is 7.55. The molecule has 0 spiro atoms. The van der Waals surface area contributed by atoms with Gasteiger partial charge in [0.2, 0.25) is 5.91 Å². The summed E-state index contributed by atoms with van der Waals surface area (Å²) in [6.45, 7) is 4.34. The summed E-state index contributed by atoms with van der Waals surface area (Å²) in [6.07, 6.45) is 6.18. The quantitative estimate of drug-likeness (QED) is 0.485. The van der Waals surface area contributed by atoms with Crippen LogP contribution in [0.2, 0.25) is 0 Å². The molecule has 4 aromatic rings. The topological polar surface area (TPSA) is 92.1 Å². The zero-order valence-electron chi connectivity index (χ0n) is 17.8. The Balaban J connectivity index is 1.42. The fraction of sp³-hybridized carbons (Fsp3) is 0.261. The fourth-order valence-electron chi connectivity index (χ4n) is 3.70. The maximum Gasteiger partial charge on any atom is 0.222 e. The lowest BCUT2D eigenvalue weighted by atomic mass is 10.1. The number of aryl methyl sites for hydroxylation is 2. The van der Waals surface area contributed by atoms with Gasteiger partial charge in [0.05, 0.1) is 18.1 Å². The third-order valence-corrected chi connectivity index (χ3v) is 5.42. The van der Waals surface area contributed by atoms with Crippen LogP contribution in [0.5, 0.6) is 0 Å². The first-order chi connectivity index (χ1) is 15.0. The standard InChI is InChI=1S/C23H23N7O/c1-16-21(17(2)30-23(27-16)19(11-24)13-26-30)9-10-22(31)28(3)14-18-12-25-29(15-18)20-7-5-4-6-8-20/h4-8,12-13,15H,9-10,14H2,1-3H3. The first-order valence-corrected chi connectivity index (χ1v) is 10.0. The van der Waals surface area contributed by atoms with E-state index in [-0.39, 0.29) is 5.91 Å². The number of amides is 1. The average molecular weight is 413 g/mol. The van der Waals surface area contributed by atoms with E-state index in [0.717, 1.165) is 28.2 Å². The summed E-state index contributed by atoms with van der Waals surface area (Å²) < 4.78 is 3.48. The van der Waals surface area contributed by atoms with Crippen LogP contribution in [-0.2, 0) is 17.8 Å². The van der Waals surface area contributed by atoms with Crippen molar-refractivity contribution in [3.8, 4) is 11.8 Å². The maximum absolute atomic E-state index is 12.7. The van der Waals surface area contributed by atoms with E-state index in [0.29, 0.717) is 30.6 Å². The van der Waals surface area contributed by atoms with Crippen molar-refractivity contribution >= 4 is 11.6 Å². The number of carbonyl (C=O) groups excluding carboxylic acids is 1. The average Bonchev–Trinajstić information content (AvgIpc) is 3.41. The highest BCUT2D eigenvalue weighted by Crippen LogP contribution is 2.19. The van der Waals surface area contributed by atoms with Gasteiger partial charge in [0, 0.05) is 43.2 Å². The van der Waals surface area contributed by atoms with Crippen LogP contribution in [0.25, 0.3) is 11.3 Å². The Morgan fingerprint density at radius 2 is 1.94 bits per heavy atom. The maximum atomic E-state index is 12.7. The number of nitrogens with zero attached hydrogens (tertiary/aromatic N) is 7. The van der Waals surface area contributed by atoms with Gasteiger partial charge in [-0.2, -0.15) is 15.5 Å². The van der Waals surface area contributed by atoms with Gasteiger partial charge in [0.25, 0.3) is 0 Å². The minimum Gasteiger partial charge on any atom is -0.341 e. The van der Waals surface area contributed by atoms with Crippen LogP contribution in [0.1, 0.15) is 34.5 Å². The molecule has 8 heteroatoms. The fourth-order valence-corrected chi connectivity index (χ4v) is 3.70.